The first-order chi connectivity index (χ1) is 11.0. The molecule has 1 aromatic carbocycles. The van der Waals surface area contributed by atoms with Crippen LogP contribution in [0.3, 0.4) is 0 Å². The molecular weight excluding hydrogens is 314 g/mol. The van der Waals surface area contributed by atoms with Gasteiger partial charge < -0.3 is 9.64 Å². The molecular formula is C16H25N3O3S. The van der Waals surface area contributed by atoms with E-state index in [1.54, 1.807) is 4.31 Å². The van der Waals surface area contributed by atoms with Crippen LogP contribution in [-0.2, 0) is 16.6 Å². The summed E-state index contributed by atoms with van der Waals surface area (Å²) < 4.78 is 35.0. The zero-order chi connectivity index (χ0) is 16.3. The third-order valence-electron chi connectivity index (χ3n) is 4.62. The van der Waals surface area contributed by atoms with Gasteiger partial charge in [0.15, 0.2) is 0 Å². The van der Waals surface area contributed by atoms with Gasteiger partial charge >= 0.3 is 0 Å². The molecule has 0 aromatic heterocycles. The monoisotopic (exact) mass is 339 g/mol. The highest BCUT2D eigenvalue weighted by atomic mass is 32.2. The van der Waals surface area contributed by atoms with E-state index in [1.165, 1.54) is 0 Å². The van der Waals surface area contributed by atoms with Crippen molar-refractivity contribution in [3.05, 3.63) is 29.8 Å². The van der Waals surface area contributed by atoms with Crippen LogP contribution < -0.4 is 9.46 Å². The van der Waals surface area contributed by atoms with E-state index in [1.807, 2.05) is 25.2 Å². The summed E-state index contributed by atoms with van der Waals surface area (Å²) in [5.41, 5.74) is 1.16. The lowest BCUT2D eigenvalue weighted by atomic mass is 9.97. The normalized spacial score (nSPS) is 23.8. The maximum Gasteiger partial charge on any atom is 0.279 e. The second-order valence-electron chi connectivity index (χ2n) is 6.37. The average Bonchev–Trinajstić information content (AvgIpc) is 2.75. The maximum atomic E-state index is 12.4. The average molecular weight is 339 g/mol. The Morgan fingerprint density at radius 1 is 1.22 bits per heavy atom. The minimum atomic E-state index is -3.38. The van der Waals surface area contributed by atoms with E-state index in [4.69, 9.17) is 4.74 Å². The summed E-state index contributed by atoms with van der Waals surface area (Å²) >= 11 is 0. The minimum Gasteiger partial charge on any atom is -0.493 e. The molecule has 0 amide bonds. The molecule has 0 saturated carbocycles. The van der Waals surface area contributed by atoms with E-state index in [0.717, 1.165) is 37.2 Å². The highest BCUT2D eigenvalue weighted by Crippen LogP contribution is 2.26. The van der Waals surface area contributed by atoms with Crippen LogP contribution in [0.5, 0.6) is 5.75 Å². The summed E-state index contributed by atoms with van der Waals surface area (Å²) in [7, 11) is -1.37. The number of ether oxygens (including phenoxy) is 1. The fraction of sp³-hybridized carbons (Fsp3) is 0.625. The Morgan fingerprint density at radius 3 is 2.74 bits per heavy atom. The Hall–Kier alpha value is -1.15. The highest BCUT2D eigenvalue weighted by Gasteiger charge is 2.26. The number of piperazine rings is 1. The summed E-state index contributed by atoms with van der Waals surface area (Å²) in [5.74, 6) is 1.19. The van der Waals surface area contributed by atoms with Gasteiger partial charge in [0.2, 0.25) is 0 Å². The number of fused-ring (bicyclic) bond motifs is 1. The number of para-hydroxylation sites is 1. The largest absolute Gasteiger partial charge is 0.493 e. The maximum absolute atomic E-state index is 12.4. The first-order valence-electron chi connectivity index (χ1n) is 8.18. The molecule has 1 atom stereocenters. The smallest absolute Gasteiger partial charge is 0.279 e. The molecule has 23 heavy (non-hydrogen) atoms. The Kier molecular flexibility index (Phi) is 5.21. The van der Waals surface area contributed by atoms with Gasteiger partial charge in [0.1, 0.15) is 5.75 Å². The van der Waals surface area contributed by atoms with Gasteiger partial charge in [-0.1, -0.05) is 18.2 Å². The Labute approximate surface area is 138 Å². The number of benzene rings is 1. The van der Waals surface area contributed by atoms with Crippen LogP contribution in [0.25, 0.3) is 0 Å². The van der Waals surface area contributed by atoms with E-state index in [0.29, 0.717) is 26.2 Å². The zero-order valence-corrected chi connectivity index (χ0v) is 14.4. The first-order valence-corrected chi connectivity index (χ1v) is 9.62. The van der Waals surface area contributed by atoms with Crippen molar-refractivity contribution in [1.82, 2.24) is 13.9 Å². The van der Waals surface area contributed by atoms with Crippen LogP contribution in [0.2, 0.25) is 0 Å². The van der Waals surface area contributed by atoms with Gasteiger partial charge in [-0.3, -0.25) is 0 Å². The Balaban J connectivity index is 1.57. The first kappa shape index (κ1) is 16.7. The molecule has 1 fully saturated rings. The molecule has 1 saturated heterocycles. The fourth-order valence-electron chi connectivity index (χ4n) is 3.08. The van der Waals surface area contributed by atoms with Crippen molar-refractivity contribution < 1.29 is 13.2 Å². The SMILES string of the molecule is CN1CCN(S(=O)(=O)NC[C@H]2CCOc3ccccc3C2)CC1. The lowest BCUT2D eigenvalue weighted by molar-refractivity contribution is 0.220. The molecule has 3 rings (SSSR count). The standard InChI is InChI=1S/C16H25N3O3S/c1-18-7-9-19(10-8-18)23(20,21)17-13-14-6-11-22-16-5-3-2-4-15(16)12-14/h2-5,14,17H,6-13H2,1H3/t14-/m0/s1. The van der Waals surface area contributed by atoms with Crippen molar-refractivity contribution in [2.24, 2.45) is 5.92 Å². The molecule has 128 valence electrons. The quantitative estimate of drug-likeness (QED) is 0.878. The molecule has 2 heterocycles. The summed E-state index contributed by atoms with van der Waals surface area (Å²) in [6, 6.07) is 8.00. The molecule has 1 aromatic rings. The number of nitrogens with zero attached hydrogens (tertiary/aromatic N) is 2. The fourth-order valence-corrected chi connectivity index (χ4v) is 4.35. The van der Waals surface area contributed by atoms with Crippen molar-refractivity contribution in [2.45, 2.75) is 12.8 Å². The van der Waals surface area contributed by atoms with E-state index >= 15 is 0 Å². The van der Waals surface area contributed by atoms with Gasteiger partial charge in [0, 0.05) is 32.7 Å². The van der Waals surface area contributed by atoms with E-state index in [9.17, 15) is 8.42 Å². The van der Waals surface area contributed by atoms with Gasteiger partial charge in [-0.2, -0.15) is 12.7 Å². The number of likely N-dealkylation sites (N-methyl/N-ethyl adjacent to an activating group) is 1. The van der Waals surface area contributed by atoms with Crippen molar-refractivity contribution in [3.63, 3.8) is 0 Å². The van der Waals surface area contributed by atoms with E-state index < -0.39 is 10.2 Å². The highest BCUT2D eigenvalue weighted by molar-refractivity contribution is 7.87. The predicted octanol–water partition coefficient (Wildman–Crippen LogP) is 0.710. The van der Waals surface area contributed by atoms with Gasteiger partial charge in [-0.05, 0) is 37.4 Å². The summed E-state index contributed by atoms with van der Waals surface area (Å²) in [6.45, 7) is 3.78. The second kappa shape index (κ2) is 7.17. The van der Waals surface area contributed by atoms with Gasteiger partial charge in [0.25, 0.3) is 10.2 Å². The van der Waals surface area contributed by atoms with Crippen molar-refractivity contribution in [3.8, 4) is 5.75 Å². The minimum absolute atomic E-state index is 0.265. The summed E-state index contributed by atoms with van der Waals surface area (Å²) in [5, 5.41) is 0. The molecule has 0 radical (unpaired) electrons. The third kappa shape index (κ3) is 4.23. The second-order valence-corrected chi connectivity index (χ2v) is 8.13. The zero-order valence-electron chi connectivity index (χ0n) is 13.6. The number of rotatable bonds is 4. The van der Waals surface area contributed by atoms with E-state index in [2.05, 4.69) is 15.7 Å². The number of nitrogens with one attached hydrogen (secondary N) is 1. The predicted molar refractivity (Wildman–Crippen MR) is 89.7 cm³/mol. The van der Waals surface area contributed by atoms with E-state index in [-0.39, 0.29) is 5.92 Å². The van der Waals surface area contributed by atoms with Crippen molar-refractivity contribution in [2.75, 3.05) is 46.4 Å². The lowest BCUT2D eigenvalue weighted by Crippen LogP contribution is -2.51. The third-order valence-corrected chi connectivity index (χ3v) is 6.20. The van der Waals surface area contributed by atoms with Crippen LogP contribution in [0.15, 0.2) is 24.3 Å². The van der Waals surface area contributed by atoms with Gasteiger partial charge in [-0.15, -0.1) is 0 Å². The van der Waals surface area contributed by atoms with Crippen molar-refractivity contribution >= 4 is 10.2 Å². The molecule has 6 nitrogen and oxygen atoms in total. The molecule has 7 heteroatoms. The molecule has 0 bridgehead atoms. The lowest BCUT2D eigenvalue weighted by Gasteiger charge is -2.31. The molecule has 1 N–H and O–H groups in total. The van der Waals surface area contributed by atoms with Crippen LogP contribution in [0.1, 0.15) is 12.0 Å². The topological polar surface area (TPSA) is 61.9 Å². The van der Waals surface area contributed by atoms with Crippen LogP contribution in [0, 0.1) is 5.92 Å². The molecule has 2 aliphatic rings. The Bertz CT molecular complexity index is 627. The molecule has 0 spiro atoms. The van der Waals surface area contributed by atoms with Crippen molar-refractivity contribution in [1.29, 1.82) is 0 Å². The van der Waals surface area contributed by atoms with Crippen LogP contribution in [0.4, 0.5) is 0 Å². The Morgan fingerprint density at radius 2 is 1.96 bits per heavy atom. The summed E-state index contributed by atoms with van der Waals surface area (Å²) in [4.78, 5) is 2.14. The molecule has 0 aliphatic carbocycles. The molecule has 2 aliphatic heterocycles. The number of hydrogen-bond acceptors (Lipinski definition) is 4. The summed E-state index contributed by atoms with van der Waals surface area (Å²) in [6.07, 6.45) is 1.71. The van der Waals surface area contributed by atoms with Gasteiger partial charge in [0.05, 0.1) is 6.61 Å². The van der Waals surface area contributed by atoms with Crippen LogP contribution >= 0.6 is 0 Å². The van der Waals surface area contributed by atoms with Crippen LogP contribution in [-0.4, -0.2) is 64.0 Å². The van der Waals surface area contributed by atoms with Gasteiger partial charge in [-0.25, -0.2) is 4.72 Å². The molecule has 0 unspecified atom stereocenters. The number of hydrogen-bond donors (Lipinski definition) is 1.